The number of pyridine rings is 1. The third-order valence-electron chi connectivity index (χ3n) is 5.10. The highest BCUT2D eigenvalue weighted by atomic mass is 16.2. The molecule has 3 heterocycles. The van der Waals surface area contributed by atoms with Gasteiger partial charge in [0.2, 0.25) is 5.91 Å². The van der Waals surface area contributed by atoms with Crippen LogP contribution in [0.4, 0.5) is 5.82 Å². The first-order valence-corrected chi connectivity index (χ1v) is 9.30. The molecule has 1 aliphatic heterocycles. The predicted octanol–water partition coefficient (Wildman–Crippen LogP) is 2.84. The SMILES string of the molecule is CC(C)(C)N1CC(Nc2nc(-c3ccccn3)nc3c2CCC3)CC1=O. The van der Waals surface area contributed by atoms with Crippen LogP contribution in [0.2, 0.25) is 0 Å². The fourth-order valence-electron chi connectivity index (χ4n) is 3.81. The Morgan fingerprint density at radius 2 is 2.04 bits per heavy atom. The summed E-state index contributed by atoms with van der Waals surface area (Å²) in [4.78, 5) is 28.2. The van der Waals surface area contributed by atoms with E-state index in [0.717, 1.165) is 36.5 Å². The molecular weight excluding hydrogens is 326 g/mol. The molecule has 6 nitrogen and oxygen atoms in total. The van der Waals surface area contributed by atoms with Crippen LogP contribution in [0.1, 0.15) is 44.9 Å². The maximum Gasteiger partial charge on any atom is 0.225 e. The van der Waals surface area contributed by atoms with E-state index >= 15 is 0 Å². The summed E-state index contributed by atoms with van der Waals surface area (Å²) >= 11 is 0. The number of aromatic nitrogens is 3. The number of hydrogen-bond acceptors (Lipinski definition) is 5. The van der Waals surface area contributed by atoms with Crippen molar-refractivity contribution in [1.82, 2.24) is 19.9 Å². The number of nitrogens with one attached hydrogen (secondary N) is 1. The molecule has 1 unspecified atom stereocenters. The first-order valence-electron chi connectivity index (χ1n) is 9.30. The average Bonchev–Trinajstić information content (AvgIpc) is 3.21. The molecule has 0 aromatic carbocycles. The molecule has 1 atom stereocenters. The highest BCUT2D eigenvalue weighted by Crippen LogP contribution is 2.31. The van der Waals surface area contributed by atoms with E-state index < -0.39 is 0 Å². The van der Waals surface area contributed by atoms with E-state index in [2.05, 4.69) is 31.1 Å². The third kappa shape index (κ3) is 3.16. The summed E-state index contributed by atoms with van der Waals surface area (Å²) in [5, 5.41) is 3.54. The van der Waals surface area contributed by atoms with Gasteiger partial charge in [-0.1, -0.05) is 6.07 Å². The van der Waals surface area contributed by atoms with Crippen LogP contribution in [0.5, 0.6) is 0 Å². The average molecular weight is 351 g/mol. The Morgan fingerprint density at radius 3 is 2.73 bits per heavy atom. The number of carbonyl (C=O) groups is 1. The minimum Gasteiger partial charge on any atom is -0.365 e. The van der Waals surface area contributed by atoms with Crippen LogP contribution in [0.15, 0.2) is 24.4 Å². The number of aryl methyl sites for hydroxylation is 1. The van der Waals surface area contributed by atoms with Crippen LogP contribution in [-0.4, -0.2) is 43.9 Å². The summed E-state index contributed by atoms with van der Waals surface area (Å²) in [7, 11) is 0. The van der Waals surface area contributed by atoms with E-state index in [9.17, 15) is 4.79 Å². The van der Waals surface area contributed by atoms with Gasteiger partial charge in [0.1, 0.15) is 11.5 Å². The lowest BCUT2D eigenvalue weighted by Crippen LogP contribution is -2.43. The van der Waals surface area contributed by atoms with Crippen LogP contribution in [0.3, 0.4) is 0 Å². The van der Waals surface area contributed by atoms with Gasteiger partial charge < -0.3 is 10.2 Å². The number of hydrogen-bond donors (Lipinski definition) is 1. The number of carbonyl (C=O) groups excluding carboxylic acids is 1. The lowest BCUT2D eigenvalue weighted by Gasteiger charge is -2.32. The highest BCUT2D eigenvalue weighted by Gasteiger charge is 2.36. The maximum atomic E-state index is 12.4. The molecule has 26 heavy (non-hydrogen) atoms. The normalized spacial score (nSPS) is 19.7. The van der Waals surface area contributed by atoms with Gasteiger partial charge >= 0.3 is 0 Å². The van der Waals surface area contributed by atoms with Crippen LogP contribution < -0.4 is 5.32 Å². The second kappa shape index (κ2) is 6.34. The first kappa shape index (κ1) is 16.9. The highest BCUT2D eigenvalue weighted by molar-refractivity contribution is 5.80. The number of amides is 1. The van der Waals surface area contributed by atoms with Crippen molar-refractivity contribution in [3.05, 3.63) is 35.7 Å². The minimum atomic E-state index is -0.153. The van der Waals surface area contributed by atoms with Crippen LogP contribution in [-0.2, 0) is 17.6 Å². The molecule has 1 fully saturated rings. The predicted molar refractivity (Wildman–Crippen MR) is 101 cm³/mol. The fraction of sp³-hybridized carbons (Fsp3) is 0.500. The molecule has 136 valence electrons. The van der Waals surface area contributed by atoms with Gasteiger partial charge in [0, 0.05) is 36.0 Å². The van der Waals surface area contributed by atoms with Gasteiger partial charge in [-0.15, -0.1) is 0 Å². The topological polar surface area (TPSA) is 71.0 Å². The Kier molecular flexibility index (Phi) is 4.13. The molecule has 1 saturated heterocycles. The maximum absolute atomic E-state index is 12.4. The molecule has 2 aromatic heterocycles. The molecular formula is C20H25N5O. The van der Waals surface area contributed by atoms with Gasteiger partial charge in [0.15, 0.2) is 5.82 Å². The van der Waals surface area contributed by atoms with Crippen molar-refractivity contribution < 1.29 is 4.79 Å². The van der Waals surface area contributed by atoms with E-state index in [1.807, 2.05) is 23.1 Å². The quantitative estimate of drug-likeness (QED) is 0.921. The van der Waals surface area contributed by atoms with Gasteiger partial charge in [0.25, 0.3) is 0 Å². The lowest BCUT2D eigenvalue weighted by atomic mass is 10.1. The third-order valence-corrected chi connectivity index (χ3v) is 5.10. The zero-order chi connectivity index (χ0) is 18.3. The largest absolute Gasteiger partial charge is 0.365 e. The van der Waals surface area contributed by atoms with E-state index in [4.69, 9.17) is 9.97 Å². The van der Waals surface area contributed by atoms with Crippen LogP contribution in [0, 0.1) is 0 Å². The number of nitrogens with zero attached hydrogens (tertiary/aromatic N) is 4. The molecule has 0 saturated carbocycles. The number of anilines is 1. The summed E-state index contributed by atoms with van der Waals surface area (Å²) in [6, 6.07) is 5.85. The molecule has 0 bridgehead atoms. The lowest BCUT2D eigenvalue weighted by molar-refractivity contribution is -0.131. The van der Waals surface area contributed by atoms with Gasteiger partial charge in [-0.05, 0) is 52.2 Å². The first-order chi connectivity index (χ1) is 12.4. The van der Waals surface area contributed by atoms with Gasteiger partial charge in [-0.3, -0.25) is 9.78 Å². The Hall–Kier alpha value is -2.50. The monoisotopic (exact) mass is 351 g/mol. The summed E-state index contributed by atoms with van der Waals surface area (Å²) in [5.41, 5.74) is 2.94. The van der Waals surface area contributed by atoms with Gasteiger partial charge in [-0.2, -0.15) is 0 Å². The number of likely N-dealkylation sites (tertiary alicyclic amines) is 1. The number of fused-ring (bicyclic) bond motifs is 1. The molecule has 1 N–H and O–H groups in total. The van der Waals surface area contributed by atoms with Crippen molar-refractivity contribution in [3.63, 3.8) is 0 Å². The van der Waals surface area contributed by atoms with E-state index in [1.165, 1.54) is 5.56 Å². The summed E-state index contributed by atoms with van der Waals surface area (Å²) in [5.74, 6) is 1.73. The molecule has 2 aromatic rings. The van der Waals surface area contributed by atoms with Crippen molar-refractivity contribution >= 4 is 11.7 Å². The van der Waals surface area contributed by atoms with E-state index in [-0.39, 0.29) is 17.5 Å². The van der Waals surface area contributed by atoms with Gasteiger partial charge in [-0.25, -0.2) is 9.97 Å². The molecule has 1 amide bonds. The summed E-state index contributed by atoms with van der Waals surface area (Å²) in [6.45, 7) is 6.94. The summed E-state index contributed by atoms with van der Waals surface area (Å²) < 4.78 is 0. The van der Waals surface area contributed by atoms with Crippen molar-refractivity contribution in [2.75, 3.05) is 11.9 Å². The van der Waals surface area contributed by atoms with E-state index in [1.54, 1.807) is 6.20 Å². The Morgan fingerprint density at radius 1 is 1.19 bits per heavy atom. The molecule has 1 aliphatic carbocycles. The molecule has 6 heteroatoms. The number of rotatable bonds is 3. The zero-order valence-electron chi connectivity index (χ0n) is 15.6. The summed E-state index contributed by atoms with van der Waals surface area (Å²) in [6.07, 6.45) is 5.33. The van der Waals surface area contributed by atoms with Gasteiger partial charge in [0.05, 0.1) is 6.04 Å². The van der Waals surface area contributed by atoms with Crippen molar-refractivity contribution in [2.24, 2.45) is 0 Å². The Labute approximate surface area is 154 Å². The second-order valence-electron chi connectivity index (χ2n) is 8.11. The van der Waals surface area contributed by atoms with Crippen molar-refractivity contribution in [2.45, 2.75) is 58.0 Å². The van der Waals surface area contributed by atoms with Crippen molar-refractivity contribution in [3.8, 4) is 11.5 Å². The van der Waals surface area contributed by atoms with Crippen LogP contribution in [0.25, 0.3) is 11.5 Å². The molecule has 2 aliphatic rings. The zero-order valence-corrected chi connectivity index (χ0v) is 15.6. The minimum absolute atomic E-state index is 0.0814. The molecule has 0 radical (unpaired) electrons. The fourth-order valence-corrected chi connectivity index (χ4v) is 3.81. The standard InChI is InChI=1S/C20H25N5O/c1-20(2,3)25-12-13(11-17(25)26)22-18-14-7-6-9-15(14)23-19(24-18)16-8-4-5-10-21-16/h4-5,8,10,13H,6-7,9,11-12H2,1-3H3,(H,22,23,24). The molecule has 0 spiro atoms. The van der Waals surface area contributed by atoms with E-state index in [0.29, 0.717) is 18.8 Å². The Bertz CT molecular complexity index is 828. The second-order valence-corrected chi connectivity index (χ2v) is 8.11. The Balaban J connectivity index is 1.63. The smallest absolute Gasteiger partial charge is 0.225 e. The van der Waals surface area contributed by atoms with Crippen molar-refractivity contribution in [1.29, 1.82) is 0 Å². The molecule has 4 rings (SSSR count). The van der Waals surface area contributed by atoms with Crippen LogP contribution >= 0.6 is 0 Å².